The lowest BCUT2D eigenvalue weighted by Crippen LogP contribution is -2.39. The van der Waals surface area contributed by atoms with E-state index in [1.165, 1.54) is 0 Å². The van der Waals surface area contributed by atoms with Gasteiger partial charge in [-0.15, -0.1) is 11.3 Å². The maximum Gasteiger partial charge on any atom is 0.243 e. The first-order valence-electron chi connectivity index (χ1n) is 10.3. The Labute approximate surface area is 183 Å². The van der Waals surface area contributed by atoms with E-state index in [9.17, 15) is 8.42 Å². The molecule has 0 saturated carbocycles. The van der Waals surface area contributed by atoms with Crippen molar-refractivity contribution in [3.05, 3.63) is 45.9 Å². The summed E-state index contributed by atoms with van der Waals surface area (Å²) < 4.78 is 27.4. The van der Waals surface area contributed by atoms with Gasteiger partial charge in [-0.1, -0.05) is 19.1 Å². The van der Waals surface area contributed by atoms with Crippen molar-refractivity contribution in [2.45, 2.75) is 44.6 Å². The van der Waals surface area contributed by atoms with Crippen molar-refractivity contribution >= 4 is 27.3 Å². The molecule has 1 aromatic heterocycles. The molecule has 0 aliphatic carbocycles. The van der Waals surface area contributed by atoms with Crippen LogP contribution < -0.4 is 10.6 Å². The maximum atomic E-state index is 12.9. The fourth-order valence-corrected chi connectivity index (χ4v) is 5.78. The molecule has 1 aliphatic rings. The van der Waals surface area contributed by atoms with Gasteiger partial charge in [0.2, 0.25) is 10.0 Å². The zero-order chi connectivity index (χ0) is 21.6. The predicted molar refractivity (Wildman–Crippen MR) is 122 cm³/mol. The second-order valence-electron chi connectivity index (χ2n) is 7.71. The number of aryl methyl sites for hydroxylation is 1. The molecule has 1 aliphatic heterocycles. The van der Waals surface area contributed by atoms with Crippen LogP contribution in [0.15, 0.2) is 39.5 Å². The molecule has 1 aromatic carbocycles. The number of sulfonamides is 1. The molecule has 1 atom stereocenters. The third kappa shape index (κ3) is 6.02. The minimum atomic E-state index is -3.41. The molecule has 2 aromatic rings. The molecule has 1 unspecified atom stereocenters. The van der Waals surface area contributed by atoms with Crippen LogP contribution in [0.25, 0.3) is 0 Å². The number of benzene rings is 1. The van der Waals surface area contributed by atoms with Crippen LogP contribution in [0.1, 0.15) is 36.0 Å². The fraction of sp³-hybridized carbons (Fsp3) is 0.524. The molecule has 0 amide bonds. The van der Waals surface area contributed by atoms with Gasteiger partial charge in [0.25, 0.3) is 0 Å². The Balaban J connectivity index is 1.50. The van der Waals surface area contributed by atoms with Gasteiger partial charge in [-0.3, -0.25) is 4.99 Å². The standard InChI is InChI=1S/C21H31N5O2S2/c1-16-5-4-12-26(14-16)30(27,28)20-8-6-18(7-9-20)13-24-21(22-3)23-11-10-19-15-29-17(2)25-19/h6-9,15-16H,4-5,10-14H2,1-3H3,(H2,22,23,24). The summed E-state index contributed by atoms with van der Waals surface area (Å²) in [5.41, 5.74) is 2.08. The SMILES string of the molecule is CN=C(NCCc1csc(C)n1)NCc1ccc(S(=O)(=O)N2CCCC(C)C2)cc1. The van der Waals surface area contributed by atoms with E-state index >= 15 is 0 Å². The third-order valence-corrected chi connectivity index (χ3v) is 7.91. The lowest BCUT2D eigenvalue weighted by Gasteiger charge is -2.30. The Bertz CT molecular complexity index is 954. The summed E-state index contributed by atoms with van der Waals surface area (Å²) in [5, 5.41) is 9.70. The van der Waals surface area contributed by atoms with Crippen LogP contribution in [0.3, 0.4) is 0 Å². The Morgan fingerprint density at radius 1 is 1.30 bits per heavy atom. The van der Waals surface area contributed by atoms with E-state index in [2.05, 4.69) is 32.9 Å². The molecule has 164 valence electrons. The number of guanidine groups is 1. The van der Waals surface area contributed by atoms with Gasteiger partial charge >= 0.3 is 0 Å². The first-order valence-corrected chi connectivity index (χ1v) is 12.6. The summed E-state index contributed by atoms with van der Waals surface area (Å²) in [4.78, 5) is 9.06. The smallest absolute Gasteiger partial charge is 0.243 e. The summed E-state index contributed by atoms with van der Waals surface area (Å²) in [5.74, 6) is 1.12. The van der Waals surface area contributed by atoms with Gasteiger partial charge in [-0.2, -0.15) is 4.31 Å². The van der Waals surface area contributed by atoms with Gasteiger partial charge in [0.15, 0.2) is 5.96 Å². The van der Waals surface area contributed by atoms with Gasteiger partial charge in [-0.05, 0) is 43.4 Å². The van der Waals surface area contributed by atoms with Crippen LogP contribution in [0.5, 0.6) is 0 Å². The van der Waals surface area contributed by atoms with Crippen molar-refractivity contribution in [2.75, 3.05) is 26.7 Å². The summed E-state index contributed by atoms with van der Waals surface area (Å²) in [6.07, 6.45) is 2.86. The van der Waals surface area contributed by atoms with Gasteiger partial charge in [-0.25, -0.2) is 13.4 Å². The first kappa shape index (κ1) is 22.7. The molecule has 2 heterocycles. The number of aromatic nitrogens is 1. The lowest BCUT2D eigenvalue weighted by molar-refractivity contribution is 0.281. The molecule has 30 heavy (non-hydrogen) atoms. The van der Waals surface area contributed by atoms with Crippen molar-refractivity contribution in [3.63, 3.8) is 0 Å². The minimum absolute atomic E-state index is 0.362. The van der Waals surface area contributed by atoms with E-state index in [1.807, 2.05) is 19.1 Å². The second kappa shape index (κ2) is 10.4. The number of nitrogens with zero attached hydrogens (tertiary/aromatic N) is 3. The highest BCUT2D eigenvalue weighted by molar-refractivity contribution is 7.89. The molecule has 3 rings (SSSR count). The van der Waals surface area contributed by atoms with Crippen LogP contribution >= 0.6 is 11.3 Å². The zero-order valence-corrected chi connectivity index (χ0v) is 19.5. The Morgan fingerprint density at radius 3 is 2.70 bits per heavy atom. The van der Waals surface area contributed by atoms with Crippen molar-refractivity contribution in [2.24, 2.45) is 10.9 Å². The van der Waals surface area contributed by atoms with Crippen LogP contribution in [-0.4, -0.2) is 50.3 Å². The number of aliphatic imine (C=N–C) groups is 1. The Kier molecular flexibility index (Phi) is 7.85. The van der Waals surface area contributed by atoms with Crippen LogP contribution in [-0.2, 0) is 23.0 Å². The number of hydrogen-bond donors (Lipinski definition) is 2. The zero-order valence-electron chi connectivity index (χ0n) is 17.9. The molecule has 0 bridgehead atoms. The van der Waals surface area contributed by atoms with Gasteiger partial charge in [0, 0.05) is 45.0 Å². The molecule has 0 radical (unpaired) electrons. The molecule has 9 heteroatoms. The van der Waals surface area contributed by atoms with Crippen LogP contribution in [0.4, 0.5) is 0 Å². The summed E-state index contributed by atoms with van der Waals surface area (Å²) in [7, 11) is -1.68. The van der Waals surface area contributed by atoms with Crippen molar-refractivity contribution in [1.82, 2.24) is 19.9 Å². The quantitative estimate of drug-likeness (QED) is 0.501. The molecule has 0 spiro atoms. The Morgan fingerprint density at radius 2 is 2.07 bits per heavy atom. The van der Waals surface area contributed by atoms with Crippen molar-refractivity contribution in [3.8, 4) is 0 Å². The minimum Gasteiger partial charge on any atom is -0.356 e. The topological polar surface area (TPSA) is 86.7 Å². The van der Waals surface area contributed by atoms with Gasteiger partial charge in [0.05, 0.1) is 15.6 Å². The van der Waals surface area contributed by atoms with Crippen LogP contribution in [0, 0.1) is 12.8 Å². The van der Waals surface area contributed by atoms with E-state index in [4.69, 9.17) is 0 Å². The number of piperidine rings is 1. The van der Waals surface area contributed by atoms with Gasteiger partial charge < -0.3 is 10.6 Å². The first-order chi connectivity index (χ1) is 14.4. The summed E-state index contributed by atoms with van der Waals surface area (Å²) in [6.45, 7) is 6.64. The highest BCUT2D eigenvalue weighted by Crippen LogP contribution is 2.23. The average Bonchev–Trinajstić information content (AvgIpc) is 3.16. The summed E-state index contributed by atoms with van der Waals surface area (Å²) in [6, 6.07) is 7.12. The highest BCUT2D eigenvalue weighted by Gasteiger charge is 2.28. The van der Waals surface area contributed by atoms with Crippen molar-refractivity contribution < 1.29 is 8.42 Å². The van der Waals surface area contributed by atoms with E-state index < -0.39 is 10.0 Å². The van der Waals surface area contributed by atoms with E-state index in [0.29, 0.717) is 36.4 Å². The highest BCUT2D eigenvalue weighted by atomic mass is 32.2. The van der Waals surface area contributed by atoms with E-state index in [1.54, 1.807) is 34.8 Å². The number of hydrogen-bond acceptors (Lipinski definition) is 5. The molecule has 1 saturated heterocycles. The molecule has 2 N–H and O–H groups in total. The van der Waals surface area contributed by atoms with Crippen LogP contribution in [0.2, 0.25) is 0 Å². The average molecular weight is 450 g/mol. The number of thiazole rings is 1. The molecular formula is C21H31N5O2S2. The number of rotatable bonds is 7. The van der Waals surface area contributed by atoms with Gasteiger partial charge in [0.1, 0.15) is 0 Å². The maximum absolute atomic E-state index is 12.9. The Hall–Kier alpha value is -1.97. The van der Waals surface area contributed by atoms with Crippen molar-refractivity contribution in [1.29, 1.82) is 0 Å². The molecule has 1 fully saturated rings. The normalized spacial score (nSPS) is 18.4. The summed E-state index contributed by atoms with van der Waals surface area (Å²) >= 11 is 1.66. The fourth-order valence-electron chi connectivity index (χ4n) is 3.53. The lowest BCUT2D eigenvalue weighted by atomic mass is 10.0. The second-order valence-corrected chi connectivity index (χ2v) is 10.7. The predicted octanol–water partition coefficient (Wildman–Crippen LogP) is 2.78. The largest absolute Gasteiger partial charge is 0.356 e. The molecule has 7 nitrogen and oxygen atoms in total. The third-order valence-electron chi connectivity index (χ3n) is 5.20. The molecular weight excluding hydrogens is 418 g/mol. The van der Waals surface area contributed by atoms with E-state index in [0.717, 1.165) is 42.1 Å². The number of nitrogens with one attached hydrogen (secondary N) is 2. The van der Waals surface area contributed by atoms with E-state index in [-0.39, 0.29) is 0 Å². The monoisotopic (exact) mass is 449 g/mol.